The van der Waals surface area contributed by atoms with Crippen LogP contribution >= 0.6 is 0 Å². The lowest BCUT2D eigenvalue weighted by atomic mass is 9.78. The summed E-state index contributed by atoms with van der Waals surface area (Å²) in [6.07, 6.45) is 8.82. The van der Waals surface area contributed by atoms with Gasteiger partial charge < -0.3 is 5.32 Å². The van der Waals surface area contributed by atoms with Gasteiger partial charge >= 0.3 is 0 Å². The number of fused-ring (bicyclic) bond motifs is 1. The van der Waals surface area contributed by atoms with Crippen molar-refractivity contribution in [2.24, 2.45) is 5.92 Å². The summed E-state index contributed by atoms with van der Waals surface area (Å²) in [5, 5.41) is 3.50. The maximum Gasteiger partial charge on any atom is 0.0195 e. The summed E-state index contributed by atoms with van der Waals surface area (Å²) < 4.78 is 0. The summed E-state index contributed by atoms with van der Waals surface area (Å²) in [6, 6.07) is 1.64. The van der Waals surface area contributed by atoms with Crippen molar-refractivity contribution in [3.05, 3.63) is 0 Å². The SMILES string of the molecule is CCNCC(C)N1CCCC2CCCCC21. The fraction of sp³-hybridized carbons (Fsp3) is 1.00. The molecule has 0 aromatic heterocycles. The van der Waals surface area contributed by atoms with Crippen molar-refractivity contribution in [1.82, 2.24) is 10.2 Å². The highest BCUT2D eigenvalue weighted by molar-refractivity contribution is 4.89. The first-order valence-corrected chi connectivity index (χ1v) is 7.29. The maximum atomic E-state index is 3.50. The molecule has 94 valence electrons. The van der Waals surface area contributed by atoms with Gasteiger partial charge in [-0.2, -0.15) is 0 Å². The minimum absolute atomic E-state index is 0.728. The van der Waals surface area contributed by atoms with Gasteiger partial charge in [0.1, 0.15) is 0 Å². The Morgan fingerprint density at radius 3 is 2.75 bits per heavy atom. The lowest BCUT2D eigenvalue weighted by Gasteiger charge is -2.47. The highest BCUT2D eigenvalue weighted by Crippen LogP contribution is 2.35. The van der Waals surface area contributed by atoms with Crippen molar-refractivity contribution in [1.29, 1.82) is 0 Å². The topological polar surface area (TPSA) is 15.3 Å². The first kappa shape index (κ1) is 12.4. The van der Waals surface area contributed by atoms with E-state index >= 15 is 0 Å². The Morgan fingerprint density at radius 1 is 1.19 bits per heavy atom. The second kappa shape index (κ2) is 6.02. The van der Waals surface area contributed by atoms with E-state index in [1.165, 1.54) is 51.6 Å². The monoisotopic (exact) mass is 224 g/mol. The standard InChI is InChI=1S/C14H28N2/c1-3-15-11-12(2)16-10-6-8-13-7-4-5-9-14(13)16/h12-15H,3-11H2,1-2H3. The third kappa shape index (κ3) is 2.78. The van der Waals surface area contributed by atoms with Gasteiger partial charge in [-0.05, 0) is 51.6 Å². The molecule has 1 saturated heterocycles. The summed E-state index contributed by atoms with van der Waals surface area (Å²) in [5.41, 5.74) is 0. The second-order valence-corrected chi connectivity index (χ2v) is 5.65. The van der Waals surface area contributed by atoms with Gasteiger partial charge in [-0.1, -0.05) is 19.8 Å². The van der Waals surface area contributed by atoms with Crippen LogP contribution in [0.5, 0.6) is 0 Å². The van der Waals surface area contributed by atoms with E-state index in [9.17, 15) is 0 Å². The quantitative estimate of drug-likeness (QED) is 0.790. The zero-order valence-corrected chi connectivity index (χ0v) is 11.0. The first-order chi connectivity index (χ1) is 7.83. The van der Waals surface area contributed by atoms with E-state index in [1.807, 2.05) is 0 Å². The van der Waals surface area contributed by atoms with E-state index in [-0.39, 0.29) is 0 Å². The summed E-state index contributed by atoms with van der Waals surface area (Å²) in [5.74, 6) is 1.02. The molecule has 2 nitrogen and oxygen atoms in total. The number of nitrogens with zero attached hydrogens (tertiary/aromatic N) is 1. The zero-order chi connectivity index (χ0) is 11.4. The molecule has 1 aliphatic heterocycles. The van der Waals surface area contributed by atoms with Crippen LogP contribution in [-0.2, 0) is 0 Å². The van der Waals surface area contributed by atoms with E-state index in [0.717, 1.165) is 24.5 Å². The normalized spacial score (nSPS) is 33.4. The lowest BCUT2D eigenvalue weighted by molar-refractivity contribution is 0.0317. The molecule has 0 aromatic rings. The van der Waals surface area contributed by atoms with Crippen LogP contribution in [-0.4, -0.2) is 36.6 Å². The van der Waals surface area contributed by atoms with Gasteiger partial charge in [0, 0.05) is 18.6 Å². The van der Waals surface area contributed by atoms with Crippen LogP contribution in [0.4, 0.5) is 0 Å². The van der Waals surface area contributed by atoms with Crippen LogP contribution in [0.1, 0.15) is 52.4 Å². The van der Waals surface area contributed by atoms with Gasteiger partial charge in [0.25, 0.3) is 0 Å². The summed E-state index contributed by atoms with van der Waals surface area (Å²) in [4.78, 5) is 2.80. The molecule has 2 fully saturated rings. The van der Waals surface area contributed by atoms with Gasteiger partial charge in [0.15, 0.2) is 0 Å². The molecule has 1 N–H and O–H groups in total. The van der Waals surface area contributed by atoms with Gasteiger partial charge in [0.2, 0.25) is 0 Å². The maximum absolute atomic E-state index is 3.50. The highest BCUT2D eigenvalue weighted by atomic mass is 15.2. The minimum Gasteiger partial charge on any atom is -0.315 e. The van der Waals surface area contributed by atoms with Gasteiger partial charge in [-0.15, -0.1) is 0 Å². The number of likely N-dealkylation sites (N-methyl/N-ethyl adjacent to an activating group) is 1. The molecular weight excluding hydrogens is 196 g/mol. The Balaban J connectivity index is 1.91. The third-order valence-electron chi connectivity index (χ3n) is 4.54. The van der Waals surface area contributed by atoms with E-state index in [4.69, 9.17) is 0 Å². The van der Waals surface area contributed by atoms with Crippen molar-refractivity contribution in [2.75, 3.05) is 19.6 Å². The number of hydrogen-bond donors (Lipinski definition) is 1. The third-order valence-corrected chi connectivity index (χ3v) is 4.54. The molecule has 1 aliphatic carbocycles. The highest BCUT2D eigenvalue weighted by Gasteiger charge is 2.34. The van der Waals surface area contributed by atoms with Crippen molar-refractivity contribution in [3.8, 4) is 0 Å². The van der Waals surface area contributed by atoms with Crippen LogP contribution in [0.2, 0.25) is 0 Å². The molecule has 0 amide bonds. The molecule has 0 aromatic carbocycles. The van der Waals surface area contributed by atoms with Crippen molar-refractivity contribution in [3.63, 3.8) is 0 Å². The van der Waals surface area contributed by atoms with Crippen LogP contribution in [0.25, 0.3) is 0 Å². The molecular formula is C14H28N2. The van der Waals surface area contributed by atoms with Gasteiger partial charge in [0.05, 0.1) is 0 Å². The minimum atomic E-state index is 0.728. The fourth-order valence-corrected chi connectivity index (χ4v) is 3.68. The van der Waals surface area contributed by atoms with Crippen molar-refractivity contribution in [2.45, 2.75) is 64.5 Å². The second-order valence-electron chi connectivity index (χ2n) is 5.65. The number of nitrogens with one attached hydrogen (secondary N) is 1. The molecule has 16 heavy (non-hydrogen) atoms. The zero-order valence-electron chi connectivity index (χ0n) is 11.0. The number of hydrogen-bond acceptors (Lipinski definition) is 2. The van der Waals surface area contributed by atoms with E-state index < -0.39 is 0 Å². The van der Waals surface area contributed by atoms with Crippen LogP contribution in [0, 0.1) is 5.92 Å². The lowest BCUT2D eigenvalue weighted by Crippen LogP contribution is -2.53. The molecule has 1 heterocycles. The smallest absolute Gasteiger partial charge is 0.0195 e. The summed E-state index contributed by atoms with van der Waals surface area (Å²) in [7, 11) is 0. The molecule has 0 bridgehead atoms. The summed E-state index contributed by atoms with van der Waals surface area (Å²) >= 11 is 0. The first-order valence-electron chi connectivity index (χ1n) is 7.29. The largest absolute Gasteiger partial charge is 0.315 e. The molecule has 3 atom stereocenters. The Bertz CT molecular complexity index is 203. The predicted octanol–water partition coefficient (Wildman–Crippen LogP) is 2.64. The molecule has 3 unspecified atom stereocenters. The average molecular weight is 224 g/mol. The van der Waals surface area contributed by atoms with Crippen LogP contribution in [0.15, 0.2) is 0 Å². The van der Waals surface area contributed by atoms with Gasteiger partial charge in [-0.25, -0.2) is 0 Å². The summed E-state index contributed by atoms with van der Waals surface area (Å²) in [6.45, 7) is 8.21. The molecule has 0 spiro atoms. The molecule has 2 heteroatoms. The van der Waals surface area contributed by atoms with Crippen LogP contribution < -0.4 is 5.32 Å². The Kier molecular flexibility index (Phi) is 4.66. The number of rotatable bonds is 4. The number of likely N-dealkylation sites (tertiary alicyclic amines) is 1. The van der Waals surface area contributed by atoms with E-state index in [1.54, 1.807) is 0 Å². The molecule has 2 aliphatic rings. The van der Waals surface area contributed by atoms with Crippen LogP contribution in [0.3, 0.4) is 0 Å². The Labute approximate surface area is 101 Å². The van der Waals surface area contributed by atoms with Crippen molar-refractivity contribution >= 4 is 0 Å². The Hall–Kier alpha value is -0.0800. The van der Waals surface area contributed by atoms with Crippen molar-refractivity contribution < 1.29 is 0 Å². The molecule has 0 radical (unpaired) electrons. The Morgan fingerprint density at radius 2 is 1.94 bits per heavy atom. The molecule has 2 rings (SSSR count). The average Bonchev–Trinajstić information content (AvgIpc) is 2.35. The van der Waals surface area contributed by atoms with E-state index in [2.05, 4.69) is 24.1 Å². The number of piperidine rings is 1. The molecule has 1 saturated carbocycles. The van der Waals surface area contributed by atoms with Gasteiger partial charge in [-0.3, -0.25) is 4.90 Å². The fourth-order valence-electron chi connectivity index (χ4n) is 3.68. The van der Waals surface area contributed by atoms with E-state index in [0.29, 0.717) is 0 Å². The predicted molar refractivity (Wildman–Crippen MR) is 69.7 cm³/mol.